The second-order valence-electron chi connectivity index (χ2n) is 2.37. The molecule has 0 amide bonds. The first-order valence-electron chi connectivity index (χ1n) is 3.50. The minimum Gasteiger partial charge on any atom is -0.386 e. The smallest absolute Gasteiger partial charge is 0.129 e. The number of halogens is 1. The highest BCUT2D eigenvalue weighted by Gasteiger charge is 2.10. The molecule has 0 saturated carbocycles. The van der Waals surface area contributed by atoms with Crippen molar-refractivity contribution in [3.05, 3.63) is 35.6 Å². The normalized spacial score (nSPS) is 12.9. The molecule has 0 saturated heterocycles. The molecule has 12 heavy (non-hydrogen) atoms. The molecule has 1 aromatic rings. The van der Waals surface area contributed by atoms with E-state index in [-0.39, 0.29) is 12.2 Å². The highest BCUT2D eigenvalue weighted by atomic mass is 19.1. The van der Waals surface area contributed by atoms with Gasteiger partial charge in [0, 0.05) is 5.56 Å². The fourth-order valence-electron chi connectivity index (χ4n) is 0.926. The average molecular weight is 171 g/mol. The summed E-state index contributed by atoms with van der Waals surface area (Å²) in [5.74, 6) is 4.28. The van der Waals surface area contributed by atoms with Gasteiger partial charge in [-0.15, -0.1) is 0 Å². The SMILES string of the molecule is NOCC(O)c1ccccc1F. The molecule has 0 fully saturated rings. The van der Waals surface area contributed by atoms with Crippen molar-refractivity contribution in [2.75, 3.05) is 6.61 Å². The number of aliphatic hydroxyl groups excluding tert-OH is 1. The lowest BCUT2D eigenvalue weighted by molar-refractivity contribution is 0.0341. The van der Waals surface area contributed by atoms with Crippen molar-refractivity contribution in [3.63, 3.8) is 0 Å². The van der Waals surface area contributed by atoms with Crippen LogP contribution in [0, 0.1) is 5.82 Å². The molecule has 3 nitrogen and oxygen atoms in total. The number of aliphatic hydroxyl groups is 1. The molecule has 1 unspecified atom stereocenters. The third-order valence-electron chi connectivity index (χ3n) is 1.52. The van der Waals surface area contributed by atoms with Crippen molar-refractivity contribution >= 4 is 0 Å². The molecular weight excluding hydrogens is 161 g/mol. The molecule has 0 spiro atoms. The minimum absolute atomic E-state index is 0.110. The zero-order chi connectivity index (χ0) is 8.97. The van der Waals surface area contributed by atoms with E-state index in [2.05, 4.69) is 4.84 Å². The quantitative estimate of drug-likeness (QED) is 0.660. The summed E-state index contributed by atoms with van der Waals surface area (Å²) < 4.78 is 12.9. The van der Waals surface area contributed by atoms with Crippen LogP contribution in [0.15, 0.2) is 24.3 Å². The molecule has 0 aliphatic heterocycles. The Kier molecular flexibility index (Phi) is 3.16. The maximum Gasteiger partial charge on any atom is 0.129 e. The first-order valence-corrected chi connectivity index (χ1v) is 3.50. The molecule has 66 valence electrons. The molecule has 1 rings (SSSR count). The Morgan fingerprint density at radius 1 is 1.50 bits per heavy atom. The monoisotopic (exact) mass is 171 g/mol. The van der Waals surface area contributed by atoms with Gasteiger partial charge in [0.1, 0.15) is 11.9 Å². The molecule has 1 atom stereocenters. The molecule has 0 heterocycles. The topological polar surface area (TPSA) is 55.5 Å². The Morgan fingerprint density at radius 2 is 2.17 bits per heavy atom. The maximum atomic E-state index is 12.9. The Balaban J connectivity index is 2.79. The fraction of sp³-hybridized carbons (Fsp3) is 0.250. The summed E-state index contributed by atoms with van der Waals surface area (Å²) in [6, 6.07) is 5.95. The van der Waals surface area contributed by atoms with Crippen LogP contribution in [0.5, 0.6) is 0 Å². The summed E-state index contributed by atoms with van der Waals surface area (Å²) in [4.78, 5) is 4.20. The standard InChI is InChI=1S/C8H10FNO2/c9-7-4-2-1-3-6(7)8(11)5-12-10/h1-4,8,11H,5,10H2. The van der Waals surface area contributed by atoms with Crippen LogP contribution >= 0.6 is 0 Å². The lowest BCUT2D eigenvalue weighted by Gasteiger charge is -2.09. The second-order valence-corrected chi connectivity index (χ2v) is 2.37. The summed E-state index contributed by atoms with van der Waals surface area (Å²) in [7, 11) is 0. The average Bonchev–Trinajstić information content (AvgIpc) is 2.05. The van der Waals surface area contributed by atoms with Crippen molar-refractivity contribution in [2.45, 2.75) is 6.10 Å². The van der Waals surface area contributed by atoms with Crippen LogP contribution in [0.2, 0.25) is 0 Å². The summed E-state index contributed by atoms with van der Waals surface area (Å²) in [5.41, 5.74) is 0.197. The number of hydrogen-bond donors (Lipinski definition) is 2. The van der Waals surface area contributed by atoms with E-state index in [4.69, 9.17) is 5.90 Å². The predicted octanol–water partition coefficient (Wildman–Crippen LogP) is 0.749. The Morgan fingerprint density at radius 3 is 2.75 bits per heavy atom. The van der Waals surface area contributed by atoms with Gasteiger partial charge in [-0.25, -0.2) is 10.3 Å². The van der Waals surface area contributed by atoms with E-state index in [0.29, 0.717) is 0 Å². The van der Waals surface area contributed by atoms with Gasteiger partial charge in [-0.3, -0.25) is 0 Å². The minimum atomic E-state index is -1.00. The molecule has 0 aromatic heterocycles. The summed E-state index contributed by atoms with van der Waals surface area (Å²) in [6.45, 7) is -0.110. The van der Waals surface area contributed by atoms with Crippen molar-refractivity contribution < 1.29 is 14.3 Å². The molecule has 4 heteroatoms. The van der Waals surface area contributed by atoms with Gasteiger partial charge in [0.25, 0.3) is 0 Å². The zero-order valence-corrected chi connectivity index (χ0v) is 6.40. The largest absolute Gasteiger partial charge is 0.386 e. The van der Waals surface area contributed by atoms with E-state index in [1.165, 1.54) is 12.1 Å². The molecule has 0 aliphatic rings. The molecule has 1 aromatic carbocycles. The van der Waals surface area contributed by atoms with Gasteiger partial charge in [0.15, 0.2) is 0 Å². The van der Waals surface area contributed by atoms with Crippen molar-refractivity contribution in [2.24, 2.45) is 5.90 Å². The molecule has 0 bridgehead atoms. The Labute approximate surface area is 69.5 Å². The summed E-state index contributed by atoms with van der Waals surface area (Å²) in [5, 5.41) is 9.26. The highest BCUT2D eigenvalue weighted by molar-refractivity contribution is 5.19. The summed E-state index contributed by atoms with van der Waals surface area (Å²) in [6.07, 6.45) is -1.00. The van der Waals surface area contributed by atoms with E-state index in [9.17, 15) is 9.50 Å². The van der Waals surface area contributed by atoms with Gasteiger partial charge in [-0.2, -0.15) is 0 Å². The highest BCUT2D eigenvalue weighted by Crippen LogP contribution is 2.15. The van der Waals surface area contributed by atoms with Crippen LogP contribution in [-0.2, 0) is 4.84 Å². The second kappa shape index (κ2) is 4.15. The van der Waals surface area contributed by atoms with E-state index in [1.807, 2.05) is 0 Å². The van der Waals surface area contributed by atoms with Gasteiger partial charge >= 0.3 is 0 Å². The maximum absolute atomic E-state index is 12.9. The van der Waals surface area contributed by atoms with Crippen LogP contribution < -0.4 is 5.90 Å². The van der Waals surface area contributed by atoms with Crippen LogP contribution in [-0.4, -0.2) is 11.7 Å². The third-order valence-corrected chi connectivity index (χ3v) is 1.52. The van der Waals surface area contributed by atoms with E-state index in [0.717, 1.165) is 0 Å². The van der Waals surface area contributed by atoms with Gasteiger partial charge in [0.2, 0.25) is 0 Å². The van der Waals surface area contributed by atoms with Crippen LogP contribution in [0.25, 0.3) is 0 Å². The molecule has 3 N–H and O–H groups in total. The number of benzene rings is 1. The van der Waals surface area contributed by atoms with E-state index >= 15 is 0 Å². The lowest BCUT2D eigenvalue weighted by Crippen LogP contribution is -2.11. The van der Waals surface area contributed by atoms with Crippen LogP contribution in [0.1, 0.15) is 11.7 Å². The third kappa shape index (κ3) is 2.01. The van der Waals surface area contributed by atoms with Gasteiger partial charge in [0.05, 0.1) is 6.61 Å². The van der Waals surface area contributed by atoms with Crippen molar-refractivity contribution in [3.8, 4) is 0 Å². The van der Waals surface area contributed by atoms with Crippen LogP contribution in [0.4, 0.5) is 4.39 Å². The Hall–Kier alpha value is -0.970. The van der Waals surface area contributed by atoms with E-state index < -0.39 is 11.9 Å². The molecule has 0 radical (unpaired) electrons. The number of nitrogens with two attached hydrogens (primary N) is 1. The van der Waals surface area contributed by atoms with Gasteiger partial charge < -0.3 is 9.94 Å². The van der Waals surface area contributed by atoms with Crippen molar-refractivity contribution in [1.82, 2.24) is 0 Å². The number of rotatable bonds is 3. The Bertz CT molecular complexity index is 255. The van der Waals surface area contributed by atoms with Gasteiger partial charge in [-0.05, 0) is 6.07 Å². The van der Waals surface area contributed by atoms with Gasteiger partial charge in [-0.1, -0.05) is 18.2 Å². The fourth-order valence-corrected chi connectivity index (χ4v) is 0.926. The first kappa shape index (κ1) is 9.12. The number of hydrogen-bond acceptors (Lipinski definition) is 3. The predicted molar refractivity (Wildman–Crippen MR) is 41.5 cm³/mol. The molecular formula is C8H10FNO2. The van der Waals surface area contributed by atoms with E-state index in [1.54, 1.807) is 12.1 Å². The van der Waals surface area contributed by atoms with Crippen LogP contribution in [0.3, 0.4) is 0 Å². The first-order chi connectivity index (χ1) is 5.75. The summed E-state index contributed by atoms with van der Waals surface area (Å²) >= 11 is 0. The lowest BCUT2D eigenvalue weighted by atomic mass is 10.1. The zero-order valence-electron chi connectivity index (χ0n) is 6.40. The molecule has 0 aliphatic carbocycles. The van der Waals surface area contributed by atoms with Crippen molar-refractivity contribution in [1.29, 1.82) is 0 Å².